The summed E-state index contributed by atoms with van der Waals surface area (Å²) >= 11 is 4.32. The molecule has 1 fully saturated rings. The van der Waals surface area contributed by atoms with Crippen molar-refractivity contribution in [3.05, 3.63) is 47.3 Å². The molecule has 0 bridgehead atoms. The molecule has 2 atom stereocenters. The lowest BCUT2D eigenvalue weighted by Gasteiger charge is -2.48. The van der Waals surface area contributed by atoms with Gasteiger partial charge < -0.3 is 15.2 Å². The number of rotatable bonds is 8. The maximum absolute atomic E-state index is 13.0. The Labute approximate surface area is 186 Å². The monoisotopic (exact) mass is 464 g/mol. The van der Waals surface area contributed by atoms with Crippen LogP contribution in [0.2, 0.25) is 0 Å². The van der Waals surface area contributed by atoms with Crippen molar-refractivity contribution in [3.8, 4) is 5.75 Å². The average Bonchev–Trinajstić information content (AvgIpc) is 3.30. The third-order valence-electron chi connectivity index (χ3n) is 4.81. The number of β-lactam (4-membered cyclic amide) rings is 1. The van der Waals surface area contributed by atoms with Crippen LogP contribution in [0.4, 0.5) is 0 Å². The number of methoxy groups -OCH3 is 1. The van der Waals surface area contributed by atoms with Crippen molar-refractivity contribution in [2.24, 2.45) is 5.73 Å². The quantitative estimate of drug-likeness (QED) is 0.357. The second-order valence-electron chi connectivity index (χ2n) is 6.66. The van der Waals surface area contributed by atoms with Crippen LogP contribution in [0.15, 0.2) is 46.8 Å². The van der Waals surface area contributed by atoms with E-state index in [1.54, 1.807) is 36.8 Å². The molecule has 2 aliphatic rings. The summed E-state index contributed by atoms with van der Waals surface area (Å²) in [5.74, 6) is 1.37. The maximum atomic E-state index is 13.0. The molecule has 0 aliphatic carbocycles. The molecule has 2 N–H and O–H groups in total. The Balaban J connectivity index is 1.46. The number of benzene rings is 1. The third kappa shape index (κ3) is 4.34. The van der Waals surface area contributed by atoms with Crippen LogP contribution in [0.3, 0.4) is 0 Å². The minimum atomic E-state index is -0.573. The molecular weight excluding hydrogens is 444 g/mol. The third-order valence-corrected chi connectivity index (χ3v) is 7.66. The van der Waals surface area contributed by atoms with Crippen LogP contribution >= 0.6 is 35.3 Å². The summed E-state index contributed by atoms with van der Waals surface area (Å²) in [6.45, 7) is 0.116. The van der Waals surface area contributed by atoms with Crippen LogP contribution in [-0.4, -0.2) is 55.6 Å². The zero-order chi connectivity index (χ0) is 21.1. The lowest BCUT2D eigenvalue weighted by Crippen LogP contribution is -2.68. The summed E-state index contributed by atoms with van der Waals surface area (Å²) in [6, 6.07) is 6.72. The predicted octanol–water partition coefficient (Wildman–Crippen LogP) is 2.27. The first kappa shape index (κ1) is 21.2. The van der Waals surface area contributed by atoms with Crippen molar-refractivity contribution in [1.82, 2.24) is 13.6 Å². The van der Waals surface area contributed by atoms with E-state index in [-0.39, 0.29) is 17.9 Å². The smallest absolute Gasteiger partial charge is 0.355 e. The Morgan fingerprint density at radius 3 is 2.87 bits per heavy atom. The highest BCUT2D eigenvalue weighted by atomic mass is 32.2. The molecule has 1 aromatic carbocycles. The van der Waals surface area contributed by atoms with Gasteiger partial charge in [-0.1, -0.05) is 12.1 Å². The Kier molecular flexibility index (Phi) is 6.61. The number of hydrogen-bond donors (Lipinski definition) is 1. The number of aromatic nitrogens is 2. The first-order chi connectivity index (χ1) is 14.6. The molecule has 0 saturated carbocycles. The van der Waals surface area contributed by atoms with Gasteiger partial charge in [-0.25, -0.2) is 4.79 Å². The largest absolute Gasteiger partial charge is 0.497 e. The van der Waals surface area contributed by atoms with E-state index in [0.717, 1.165) is 39.4 Å². The summed E-state index contributed by atoms with van der Waals surface area (Å²) in [5.41, 5.74) is 8.00. The van der Waals surface area contributed by atoms with E-state index in [4.69, 9.17) is 15.2 Å². The van der Waals surface area contributed by atoms with Gasteiger partial charge in [0.2, 0.25) is 5.91 Å². The van der Waals surface area contributed by atoms with Crippen molar-refractivity contribution < 1.29 is 19.1 Å². The molecule has 30 heavy (non-hydrogen) atoms. The number of amides is 1. The summed E-state index contributed by atoms with van der Waals surface area (Å²) in [5, 5.41) is 0.646. The fraction of sp³-hybridized carbons (Fsp3) is 0.368. The molecule has 11 heteroatoms. The summed E-state index contributed by atoms with van der Waals surface area (Å²) < 4.78 is 18.9. The van der Waals surface area contributed by atoms with Gasteiger partial charge in [0.05, 0.1) is 25.0 Å². The topological polar surface area (TPSA) is 108 Å². The molecule has 1 amide bonds. The lowest BCUT2D eigenvalue weighted by atomic mass is 10.0. The Bertz CT molecular complexity index is 949. The van der Waals surface area contributed by atoms with Gasteiger partial charge in [0, 0.05) is 11.5 Å². The van der Waals surface area contributed by atoms with Gasteiger partial charge in [0.15, 0.2) is 0 Å². The summed E-state index contributed by atoms with van der Waals surface area (Å²) in [6.07, 6.45) is 2.37. The van der Waals surface area contributed by atoms with E-state index in [1.807, 2.05) is 24.3 Å². The number of nitrogens with zero attached hydrogens (tertiary/aromatic N) is 3. The Morgan fingerprint density at radius 2 is 2.17 bits per heavy atom. The lowest BCUT2D eigenvalue weighted by molar-refractivity contribution is -0.151. The fourth-order valence-electron chi connectivity index (χ4n) is 3.20. The van der Waals surface area contributed by atoms with Gasteiger partial charge in [-0.05, 0) is 29.7 Å². The van der Waals surface area contributed by atoms with Crippen LogP contribution in [-0.2, 0) is 20.9 Å². The zero-order valence-electron chi connectivity index (χ0n) is 16.1. The van der Waals surface area contributed by atoms with Gasteiger partial charge in [-0.3, -0.25) is 9.69 Å². The molecule has 8 nitrogen and oxygen atoms in total. The number of carbonyl (C=O) groups is 2. The zero-order valence-corrected chi connectivity index (χ0v) is 18.6. The predicted molar refractivity (Wildman–Crippen MR) is 116 cm³/mol. The number of carbonyl (C=O) groups excluding carboxylic acids is 2. The van der Waals surface area contributed by atoms with Gasteiger partial charge >= 0.3 is 5.97 Å². The van der Waals surface area contributed by atoms with E-state index in [9.17, 15) is 9.59 Å². The van der Waals surface area contributed by atoms with Crippen LogP contribution in [0.1, 0.15) is 12.0 Å². The van der Waals surface area contributed by atoms with Crippen LogP contribution in [0.25, 0.3) is 0 Å². The number of hydrogen-bond acceptors (Lipinski definition) is 10. The Morgan fingerprint density at radius 1 is 1.37 bits per heavy atom. The molecule has 3 heterocycles. The maximum Gasteiger partial charge on any atom is 0.355 e. The fourth-order valence-corrected chi connectivity index (χ4v) is 5.92. The highest BCUT2D eigenvalue weighted by Crippen LogP contribution is 2.41. The van der Waals surface area contributed by atoms with Crippen molar-refractivity contribution in [1.29, 1.82) is 0 Å². The standard InChI is InChI=1S/C19H20N4O4S3/c1-26-13-4-2-11(3-5-13)9-27-19(25)16-12(6-7-28-14-8-21-30-22-14)10-29-18-15(20)17(24)23(16)18/h2-5,8,15,18H,6-7,9-10,20H2,1H3/t15-,18-/m1/s1. The Hall–Kier alpha value is -2.08. The van der Waals surface area contributed by atoms with E-state index < -0.39 is 12.0 Å². The number of thioether (sulfide) groups is 2. The molecule has 1 saturated heterocycles. The highest BCUT2D eigenvalue weighted by Gasteiger charge is 2.51. The number of fused-ring (bicyclic) bond motifs is 1. The number of nitrogens with two attached hydrogens (primary N) is 1. The van der Waals surface area contributed by atoms with E-state index in [1.165, 1.54) is 4.90 Å². The second kappa shape index (κ2) is 9.38. The minimum Gasteiger partial charge on any atom is -0.497 e. The van der Waals surface area contributed by atoms with Crippen LogP contribution in [0, 0.1) is 0 Å². The molecule has 1 aromatic heterocycles. The minimum absolute atomic E-state index is 0.116. The van der Waals surface area contributed by atoms with E-state index in [2.05, 4.69) is 8.75 Å². The van der Waals surface area contributed by atoms with Gasteiger partial charge in [0.1, 0.15) is 34.5 Å². The first-order valence-corrected chi connectivity index (χ1v) is 12.0. The van der Waals surface area contributed by atoms with Gasteiger partial charge in [0.25, 0.3) is 0 Å². The molecule has 4 rings (SSSR count). The normalized spacial score (nSPS) is 20.6. The molecular formula is C19H20N4O4S3. The summed E-state index contributed by atoms with van der Waals surface area (Å²) in [7, 11) is 1.60. The molecule has 2 aliphatic heterocycles. The second-order valence-corrected chi connectivity index (χ2v) is 9.43. The summed E-state index contributed by atoms with van der Waals surface area (Å²) in [4.78, 5) is 26.8. The SMILES string of the molecule is COc1ccc(COC(=O)C2=C(CCSc3cnsn3)CS[C@@H]3[C@H](N)C(=O)N23)cc1. The number of esters is 1. The molecule has 2 aromatic rings. The van der Waals surface area contributed by atoms with Gasteiger partial charge in [-0.2, -0.15) is 8.75 Å². The van der Waals surface area contributed by atoms with E-state index in [0.29, 0.717) is 17.9 Å². The van der Waals surface area contributed by atoms with Crippen molar-refractivity contribution in [2.45, 2.75) is 29.5 Å². The average molecular weight is 465 g/mol. The van der Waals surface area contributed by atoms with Gasteiger partial charge in [-0.15, -0.1) is 23.5 Å². The van der Waals surface area contributed by atoms with Crippen LogP contribution < -0.4 is 10.5 Å². The molecule has 0 unspecified atom stereocenters. The molecule has 0 radical (unpaired) electrons. The van der Waals surface area contributed by atoms with Crippen LogP contribution in [0.5, 0.6) is 5.75 Å². The first-order valence-electron chi connectivity index (χ1n) is 9.21. The van der Waals surface area contributed by atoms with Crippen molar-refractivity contribution >= 4 is 47.1 Å². The van der Waals surface area contributed by atoms with Crippen molar-refractivity contribution in [3.63, 3.8) is 0 Å². The number of ether oxygens (including phenoxy) is 2. The van der Waals surface area contributed by atoms with Crippen molar-refractivity contribution in [2.75, 3.05) is 18.6 Å². The molecule has 158 valence electrons. The highest BCUT2D eigenvalue weighted by molar-refractivity contribution is 8.00. The molecule has 0 spiro atoms. The van der Waals surface area contributed by atoms with E-state index >= 15 is 0 Å².